The van der Waals surface area contributed by atoms with Crippen molar-refractivity contribution in [3.63, 3.8) is 0 Å². The number of rotatable bonds is 6. The van der Waals surface area contributed by atoms with E-state index in [2.05, 4.69) is 25.4 Å². The first kappa shape index (κ1) is 16.7. The van der Waals surface area contributed by atoms with E-state index in [1.807, 2.05) is 13.8 Å². The molecular weight excluding hydrogens is 312 g/mol. The van der Waals surface area contributed by atoms with E-state index in [9.17, 15) is 13.2 Å². The molecule has 0 aliphatic rings. The highest BCUT2D eigenvalue weighted by Crippen LogP contribution is 2.05. The van der Waals surface area contributed by atoms with Crippen molar-refractivity contribution in [2.75, 3.05) is 5.33 Å². The lowest BCUT2D eigenvalue weighted by Crippen LogP contribution is -2.48. The Morgan fingerprint density at radius 1 is 1.29 bits per heavy atom. The molecule has 0 bridgehead atoms. The Labute approximate surface area is 111 Å². The number of carbonyl (C=O) groups is 1. The van der Waals surface area contributed by atoms with Crippen LogP contribution in [0.5, 0.6) is 0 Å². The van der Waals surface area contributed by atoms with E-state index >= 15 is 0 Å². The van der Waals surface area contributed by atoms with Crippen molar-refractivity contribution in [2.45, 2.75) is 39.8 Å². The SMILES string of the molecule is CC(C)OC(=O)NS(=O)(=O)NC(CBr)C(C)C. The fourth-order valence-corrected chi connectivity index (χ4v) is 3.13. The smallest absolute Gasteiger partial charge is 0.422 e. The number of ether oxygens (including phenoxy) is 1. The van der Waals surface area contributed by atoms with Crippen LogP contribution in [0.3, 0.4) is 0 Å². The molecule has 1 unspecified atom stereocenters. The van der Waals surface area contributed by atoms with Crippen molar-refractivity contribution in [3.05, 3.63) is 0 Å². The monoisotopic (exact) mass is 330 g/mol. The fourth-order valence-electron chi connectivity index (χ4n) is 0.922. The second-order valence-electron chi connectivity index (χ2n) is 4.18. The van der Waals surface area contributed by atoms with E-state index in [4.69, 9.17) is 0 Å². The maximum Gasteiger partial charge on any atom is 0.422 e. The molecule has 0 rings (SSSR count). The first-order valence-corrected chi connectivity index (χ1v) is 7.85. The summed E-state index contributed by atoms with van der Waals surface area (Å²) in [7, 11) is -3.89. The first-order valence-electron chi connectivity index (χ1n) is 5.24. The average molecular weight is 331 g/mol. The summed E-state index contributed by atoms with van der Waals surface area (Å²) in [4.78, 5) is 11.1. The fraction of sp³-hybridized carbons (Fsp3) is 0.889. The van der Waals surface area contributed by atoms with Crippen LogP contribution < -0.4 is 9.44 Å². The lowest BCUT2D eigenvalue weighted by atomic mass is 10.1. The number of halogens is 1. The highest BCUT2D eigenvalue weighted by Gasteiger charge is 2.22. The second kappa shape index (κ2) is 7.17. The van der Waals surface area contributed by atoms with Gasteiger partial charge in [-0.15, -0.1) is 0 Å². The second-order valence-corrected chi connectivity index (χ2v) is 6.28. The van der Waals surface area contributed by atoms with Gasteiger partial charge in [0, 0.05) is 11.4 Å². The highest BCUT2D eigenvalue weighted by atomic mass is 79.9. The highest BCUT2D eigenvalue weighted by molar-refractivity contribution is 9.09. The van der Waals surface area contributed by atoms with Crippen LogP contribution in [-0.4, -0.2) is 32.0 Å². The van der Waals surface area contributed by atoms with Crippen LogP contribution in [0.2, 0.25) is 0 Å². The minimum Gasteiger partial charge on any atom is -0.446 e. The van der Waals surface area contributed by atoms with Gasteiger partial charge in [0.05, 0.1) is 6.10 Å². The summed E-state index contributed by atoms with van der Waals surface area (Å²) in [6, 6.07) is -0.292. The summed E-state index contributed by atoms with van der Waals surface area (Å²) in [5, 5.41) is 0.463. The predicted molar refractivity (Wildman–Crippen MR) is 69.2 cm³/mol. The summed E-state index contributed by atoms with van der Waals surface area (Å²) in [6.07, 6.45) is -1.35. The molecule has 0 spiro atoms. The van der Waals surface area contributed by atoms with Crippen molar-refractivity contribution in [3.8, 4) is 0 Å². The molecule has 0 aromatic carbocycles. The molecule has 17 heavy (non-hydrogen) atoms. The molecule has 0 aromatic heterocycles. The molecule has 6 nitrogen and oxygen atoms in total. The zero-order valence-electron chi connectivity index (χ0n) is 10.4. The van der Waals surface area contributed by atoms with Crippen molar-refractivity contribution >= 4 is 32.2 Å². The predicted octanol–water partition coefficient (Wildman–Crippen LogP) is 1.37. The summed E-state index contributed by atoms with van der Waals surface area (Å²) >= 11 is 3.20. The van der Waals surface area contributed by atoms with E-state index in [0.29, 0.717) is 5.33 Å². The van der Waals surface area contributed by atoms with Gasteiger partial charge in [-0.2, -0.15) is 13.1 Å². The van der Waals surface area contributed by atoms with E-state index < -0.39 is 16.3 Å². The minimum absolute atomic E-state index is 0.104. The normalized spacial score (nSPS) is 13.8. The summed E-state index contributed by atoms with van der Waals surface area (Å²) in [6.45, 7) is 7.02. The van der Waals surface area contributed by atoms with Gasteiger partial charge >= 0.3 is 16.3 Å². The Hall–Kier alpha value is -0.340. The Kier molecular flexibility index (Phi) is 7.03. The van der Waals surface area contributed by atoms with E-state index in [-0.39, 0.29) is 18.1 Å². The van der Waals surface area contributed by atoms with Crippen LogP contribution in [0.4, 0.5) is 4.79 Å². The topological polar surface area (TPSA) is 84.5 Å². The number of alkyl halides is 1. The number of hydrogen-bond acceptors (Lipinski definition) is 4. The Bertz CT molecular complexity index is 343. The summed E-state index contributed by atoms with van der Waals surface area (Å²) in [5.41, 5.74) is 0. The molecule has 0 fully saturated rings. The molecule has 2 N–H and O–H groups in total. The molecule has 1 amide bonds. The van der Waals surface area contributed by atoms with E-state index in [1.54, 1.807) is 18.6 Å². The van der Waals surface area contributed by atoms with Crippen LogP contribution in [0.25, 0.3) is 0 Å². The van der Waals surface area contributed by atoms with E-state index in [0.717, 1.165) is 0 Å². The zero-order valence-corrected chi connectivity index (χ0v) is 12.8. The molecule has 0 heterocycles. The van der Waals surface area contributed by atoms with Crippen LogP contribution >= 0.6 is 15.9 Å². The van der Waals surface area contributed by atoms with Crippen LogP contribution in [0.15, 0.2) is 0 Å². The number of carbonyl (C=O) groups excluding carboxylic acids is 1. The molecule has 1 atom stereocenters. The molecule has 0 saturated carbocycles. The van der Waals surface area contributed by atoms with Gasteiger partial charge in [0.25, 0.3) is 0 Å². The quantitative estimate of drug-likeness (QED) is 0.720. The van der Waals surface area contributed by atoms with Gasteiger partial charge in [-0.05, 0) is 19.8 Å². The van der Waals surface area contributed by atoms with Crippen LogP contribution in [0, 0.1) is 5.92 Å². The van der Waals surface area contributed by atoms with Gasteiger partial charge in [0.1, 0.15) is 0 Å². The van der Waals surface area contributed by atoms with Gasteiger partial charge < -0.3 is 4.74 Å². The molecule has 8 heteroatoms. The van der Waals surface area contributed by atoms with Gasteiger partial charge in [-0.25, -0.2) is 9.52 Å². The standard InChI is InChI=1S/C9H19BrN2O4S/c1-6(2)8(5-10)11-17(14,15)12-9(13)16-7(3)4/h6-8,11H,5H2,1-4H3,(H,12,13). The van der Waals surface area contributed by atoms with Gasteiger partial charge in [0.15, 0.2) is 0 Å². The Morgan fingerprint density at radius 3 is 2.18 bits per heavy atom. The lowest BCUT2D eigenvalue weighted by molar-refractivity contribution is 0.121. The summed E-state index contributed by atoms with van der Waals surface area (Å²) in [5.74, 6) is 0.104. The van der Waals surface area contributed by atoms with E-state index in [1.165, 1.54) is 0 Å². The van der Waals surface area contributed by atoms with Gasteiger partial charge in [-0.1, -0.05) is 29.8 Å². The Morgan fingerprint density at radius 2 is 1.82 bits per heavy atom. The summed E-state index contributed by atoms with van der Waals surface area (Å²) < 4.78 is 31.9. The number of nitrogens with one attached hydrogen (secondary N) is 2. The number of hydrogen-bond donors (Lipinski definition) is 2. The van der Waals surface area contributed by atoms with Crippen molar-refractivity contribution in [2.24, 2.45) is 5.92 Å². The van der Waals surface area contributed by atoms with Crippen LogP contribution in [-0.2, 0) is 14.9 Å². The third-order valence-electron chi connectivity index (χ3n) is 1.84. The molecule has 0 aliphatic heterocycles. The van der Waals surface area contributed by atoms with Crippen molar-refractivity contribution in [1.82, 2.24) is 9.44 Å². The van der Waals surface area contributed by atoms with Crippen molar-refractivity contribution < 1.29 is 17.9 Å². The lowest BCUT2D eigenvalue weighted by Gasteiger charge is -2.20. The molecule has 102 valence electrons. The number of amides is 1. The molecule has 0 aromatic rings. The molecule has 0 saturated heterocycles. The third kappa shape index (κ3) is 7.56. The minimum atomic E-state index is -3.89. The van der Waals surface area contributed by atoms with Crippen molar-refractivity contribution in [1.29, 1.82) is 0 Å². The first-order chi connectivity index (χ1) is 7.68. The van der Waals surface area contributed by atoms with Crippen LogP contribution in [0.1, 0.15) is 27.7 Å². The van der Waals surface area contributed by atoms with Gasteiger partial charge in [-0.3, -0.25) is 0 Å². The van der Waals surface area contributed by atoms with Gasteiger partial charge in [0.2, 0.25) is 0 Å². The average Bonchev–Trinajstić information content (AvgIpc) is 2.11. The maximum atomic E-state index is 11.6. The zero-order chi connectivity index (χ0) is 13.6. The maximum absolute atomic E-state index is 11.6. The molecular formula is C9H19BrN2O4S. The third-order valence-corrected chi connectivity index (χ3v) is 3.58. The Balaban J connectivity index is 4.43. The molecule has 0 aliphatic carbocycles. The molecule has 0 radical (unpaired) electrons. The largest absolute Gasteiger partial charge is 0.446 e.